The van der Waals surface area contributed by atoms with E-state index >= 15 is 0 Å². The van der Waals surface area contributed by atoms with Crippen LogP contribution in [0.25, 0.3) is 0 Å². The van der Waals surface area contributed by atoms with Crippen molar-refractivity contribution in [1.82, 2.24) is 10.6 Å². The number of rotatable bonds is 7. The molecule has 0 bridgehead atoms. The lowest BCUT2D eigenvalue weighted by Gasteiger charge is -2.14. The molecule has 0 aromatic heterocycles. The molecule has 0 aliphatic carbocycles. The number of unbranched alkanes of at least 4 members (excludes halogenated alkanes) is 2. The molecule has 0 spiro atoms. The predicted octanol–water partition coefficient (Wildman–Crippen LogP) is 1.37. The Hall–Kier alpha value is -0.0800. The lowest BCUT2D eigenvalue weighted by molar-refractivity contribution is 0.474. The molecule has 0 amide bonds. The zero-order chi connectivity index (χ0) is 8.53. The fourth-order valence-electron chi connectivity index (χ4n) is 1.24. The van der Waals surface area contributed by atoms with Crippen LogP contribution in [0.5, 0.6) is 0 Å². The summed E-state index contributed by atoms with van der Waals surface area (Å²) in [6, 6.07) is 0.659. The molecule has 2 heteroatoms. The summed E-state index contributed by atoms with van der Waals surface area (Å²) >= 11 is 0. The topological polar surface area (TPSA) is 24.1 Å². The molecule has 0 aliphatic heterocycles. The molecule has 0 radical (unpaired) electrons. The highest BCUT2D eigenvalue weighted by Crippen LogP contribution is 2.01. The highest BCUT2D eigenvalue weighted by molar-refractivity contribution is 4.65. The first kappa shape index (κ1) is 10.9. The highest BCUT2D eigenvalue weighted by atomic mass is 14.9. The van der Waals surface area contributed by atoms with Gasteiger partial charge in [-0.1, -0.05) is 26.2 Å². The van der Waals surface area contributed by atoms with Gasteiger partial charge in [0.15, 0.2) is 0 Å². The van der Waals surface area contributed by atoms with Crippen LogP contribution in [0.2, 0.25) is 0 Å². The van der Waals surface area contributed by atoms with Gasteiger partial charge in [0.25, 0.3) is 0 Å². The minimum absolute atomic E-state index is 0.659. The zero-order valence-corrected chi connectivity index (χ0v) is 8.11. The molecule has 0 heterocycles. The zero-order valence-electron chi connectivity index (χ0n) is 8.11. The van der Waals surface area contributed by atoms with Gasteiger partial charge < -0.3 is 10.6 Å². The van der Waals surface area contributed by atoms with E-state index in [-0.39, 0.29) is 0 Å². The van der Waals surface area contributed by atoms with Crippen molar-refractivity contribution < 1.29 is 0 Å². The van der Waals surface area contributed by atoms with E-state index in [1.54, 1.807) is 0 Å². The second-order valence-electron chi connectivity index (χ2n) is 3.04. The Morgan fingerprint density at radius 3 is 2.36 bits per heavy atom. The molecule has 0 fully saturated rings. The smallest absolute Gasteiger partial charge is 0.0189 e. The summed E-state index contributed by atoms with van der Waals surface area (Å²) in [6.07, 6.45) is 5.33. The summed E-state index contributed by atoms with van der Waals surface area (Å²) in [7, 11) is 4.04. The fourth-order valence-corrected chi connectivity index (χ4v) is 1.24. The molecule has 1 atom stereocenters. The number of nitrogens with one attached hydrogen (secondary N) is 2. The van der Waals surface area contributed by atoms with Crippen LogP contribution in [0.4, 0.5) is 0 Å². The van der Waals surface area contributed by atoms with Crippen molar-refractivity contribution in [3.63, 3.8) is 0 Å². The average molecular weight is 158 g/mol. The summed E-state index contributed by atoms with van der Waals surface area (Å²) < 4.78 is 0. The van der Waals surface area contributed by atoms with E-state index in [9.17, 15) is 0 Å². The molecule has 2 N–H and O–H groups in total. The summed E-state index contributed by atoms with van der Waals surface area (Å²) in [5.41, 5.74) is 0. The van der Waals surface area contributed by atoms with Gasteiger partial charge in [0, 0.05) is 12.6 Å². The summed E-state index contributed by atoms with van der Waals surface area (Å²) in [5.74, 6) is 0. The Balaban J connectivity index is 3.20. The molecule has 0 rings (SSSR count). The maximum Gasteiger partial charge on any atom is 0.0189 e. The van der Waals surface area contributed by atoms with Gasteiger partial charge in [0.05, 0.1) is 0 Å². The van der Waals surface area contributed by atoms with E-state index in [4.69, 9.17) is 0 Å². The molecule has 11 heavy (non-hydrogen) atoms. The lowest BCUT2D eigenvalue weighted by Crippen LogP contribution is -2.34. The Labute approximate surface area is 70.8 Å². The van der Waals surface area contributed by atoms with Crippen molar-refractivity contribution in [2.24, 2.45) is 0 Å². The summed E-state index contributed by atoms with van der Waals surface area (Å²) in [5, 5.41) is 6.48. The minimum Gasteiger partial charge on any atom is -0.318 e. The van der Waals surface area contributed by atoms with Gasteiger partial charge in [0.2, 0.25) is 0 Å². The van der Waals surface area contributed by atoms with E-state index < -0.39 is 0 Å². The predicted molar refractivity (Wildman–Crippen MR) is 50.9 cm³/mol. The SMILES string of the molecule is CCCCC[C@@H](CNC)NC. The van der Waals surface area contributed by atoms with Crippen molar-refractivity contribution in [3.8, 4) is 0 Å². The number of hydrogen-bond acceptors (Lipinski definition) is 2. The van der Waals surface area contributed by atoms with Gasteiger partial charge in [0.1, 0.15) is 0 Å². The summed E-state index contributed by atoms with van der Waals surface area (Å²) in [6.45, 7) is 3.33. The highest BCUT2D eigenvalue weighted by Gasteiger charge is 2.02. The average Bonchev–Trinajstić information content (AvgIpc) is 2.03. The Bertz CT molecular complexity index is 74.0. The van der Waals surface area contributed by atoms with Crippen LogP contribution < -0.4 is 10.6 Å². The van der Waals surface area contributed by atoms with Crippen LogP contribution in [0.15, 0.2) is 0 Å². The lowest BCUT2D eigenvalue weighted by atomic mass is 10.1. The maximum absolute atomic E-state index is 3.30. The van der Waals surface area contributed by atoms with E-state index in [1.165, 1.54) is 25.7 Å². The third-order valence-corrected chi connectivity index (χ3v) is 2.01. The van der Waals surface area contributed by atoms with Crippen LogP contribution >= 0.6 is 0 Å². The fraction of sp³-hybridized carbons (Fsp3) is 1.00. The molecule has 0 unspecified atom stereocenters. The van der Waals surface area contributed by atoms with Crippen molar-refractivity contribution in [2.75, 3.05) is 20.6 Å². The molecule has 0 saturated heterocycles. The van der Waals surface area contributed by atoms with E-state index in [2.05, 4.69) is 17.6 Å². The van der Waals surface area contributed by atoms with Gasteiger partial charge >= 0.3 is 0 Å². The van der Waals surface area contributed by atoms with E-state index in [0.29, 0.717) is 6.04 Å². The first-order chi connectivity index (χ1) is 5.35. The number of hydrogen-bond donors (Lipinski definition) is 2. The third-order valence-electron chi connectivity index (χ3n) is 2.01. The molecule has 68 valence electrons. The second kappa shape index (κ2) is 8.02. The maximum atomic E-state index is 3.30. The first-order valence-corrected chi connectivity index (χ1v) is 4.67. The van der Waals surface area contributed by atoms with E-state index in [0.717, 1.165) is 6.54 Å². The third kappa shape index (κ3) is 6.32. The molecular formula is C9H22N2. The van der Waals surface area contributed by atoms with Crippen LogP contribution in [0.1, 0.15) is 32.6 Å². The van der Waals surface area contributed by atoms with Crippen LogP contribution in [0.3, 0.4) is 0 Å². The molecule has 0 aliphatic rings. The van der Waals surface area contributed by atoms with Gasteiger partial charge in [-0.2, -0.15) is 0 Å². The molecule has 0 aromatic rings. The largest absolute Gasteiger partial charge is 0.318 e. The molecule has 0 aromatic carbocycles. The van der Waals surface area contributed by atoms with Gasteiger partial charge in [-0.25, -0.2) is 0 Å². The second-order valence-corrected chi connectivity index (χ2v) is 3.04. The molecule has 2 nitrogen and oxygen atoms in total. The Kier molecular flexibility index (Phi) is 7.96. The monoisotopic (exact) mass is 158 g/mol. The van der Waals surface area contributed by atoms with Gasteiger partial charge in [-0.3, -0.25) is 0 Å². The quantitative estimate of drug-likeness (QED) is 0.547. The molecular weight excluding hydrogens is 136 g/mol. The standard InChI is InChI=1S/C9H22N2/c1-4-5-6-7-9(11-3)8-10-2/h9-11H,4-8H2,1-3H3/t9-/m0/s1. The van der Waals surface area contributed by atoms with E-state index in [1.807, 2.05) is 14.1 Å². The van der Waals surface area contributed by atoms with Crippen LogP contribution in [-0.4, -0.2) is 26.7 Å². The van der Waals surface area contributed by atoms with Gasteiger partial charge in [-0.05, 0) is 20.5 Å². The normalized spacial score (nSPS) is 13.4. The van der Waals surface area contributed by atoms with Crippen molar-refractivity contribution in [3.05, 3.63) is 0 Å². The van der Waals surface area contributed by atoms with Crippen molar-refractivity contribution in [2.45, 2.75) is 38.6 Å². The summed E-state index contributed by atoms with van der Waals surface area (Å²) in [4.78, 5) is 0. The van der Waals surface area contributed by atoms with Crippen molar-refractivity contribution in [1.29, 1.82) is 0 Å². The first-order valence-electron chi connectivity index (χ1n) is 4.67. The van der Waals surface area contributed by atoms with Gasteiger partial charge in [-0.15, -0.1) is 0 Å². The molecule has 0 saturated carbocycles. The Morgan fingerprint density at radius 1 is 1.18 bits per heavy atom. The van der Waals surface area contributed by atoms with Crippen molar-refractivity contribution >= 4 is 0 Å². The van der Waals surface area contributed by atoms with Crippen LogP contribution in [0, 0.1) is 0 Å². The number of likely N-dealkylation sites (N-methyl/N-ethyl adjacent to an activating group) is 2. The minimum atomic E-state index is 0.659. The Morgan fingerprint density at radius 2 is 1.91 bits per heavy atom. The van der Waals surface area contributed by atoms with Crippen LogP contribution in [-0.2, 0) is 0 Å².